The molecule has 0 aliphatic carbocycles. The van der Waals surface area contributed by atoms with Crippen molar-refractivity contribution in [3.05, 3.63) is 75.4 Å². The third-order valence-corrected chi connectivity index (χ3v) is 5.70. The van der Waals surface area contributed by atoms with Crippen molar-refractivity contribution in [1.29, 1.82) is 0 Å². The fraction of sp³-hybridized carbons (Fsp3) is 0.182. The summed E-state index contributed by atoms with van der Waals surface area (Å²) in [4.78, 5) is 34.6. The van der Waals surface area contributed by atoms with Gasteiger partial charge < -0.3 is 5.32 Å². The number of anilines is 1. The van der Waals surface area contributed by atoms with Crippen molar-refractivity contribution in [2.45, 2.75) is 26.8 Å². The molecule has 1 amide bonds. The lowest BCUT2D eigenvalue weighted by Crippen LogP contribution is -2.29. The van der Waals surface area contributed by atoms with E-state index < -0.39 is 17.4 Å². The first-order valence-corrected chi connectivity index (χ1v) is 10.3. The van der Waals surface area contributed by atoms with Crippen LogP contribution in [0, 0.1) is 12.7 Å². The normalized spacial score (nSPS) is 11.0. The molecule has 2 aromatic carbocycles. The molecule has 8 heteroatoms. The molecule has 0 unspecified atom stereocenters. The Labute approximate surface area is 176 Å². The van der Waals surface area contributed by atoms with E-state index in [-0.39, 0.29) is 12.2 Å². The minimum absolute atomic E-state index is 0.0628. The Hall–Kier alpha value is -3.39. The molecule has 0 bridgehead atoms. The average Bonchev–Trinajstić information content (AvgIpc) is 3.13. The molecule has 0 radical (unpaired) electrons. The Morgan fingerprint density at radius 3 is 2.57 bits per heavy atom. The van der Waals surface area contributed by atoms with E-state index in [0.717, 1.165) is 17.0 Å². The van der Waals surface area contributed by atoms with E-state index in [9.17, 15) is 14.0 Å². The fourth-order valence-electron chi connectivity index (χ4n) is 3.18. The smallest absolute Gasteiger partial charge is 0.322 e. The van der Waals surface area contributed by atoms with Gasteiger partial charge in [0.2, 0.25) is 5.91 Å². The lowest BCUT2D eigenvalue weighted by molar-refractivity contribution is -0.116. The second-order valence-corrected chi connectivity index (χ2v) is 7.98. The van der Waals surface area contributed by atoms with Gasteiger partial charge in [-0.1, -0.05) is 43.3 Å². The van der Waals surface area contributed by atoms with Crippen LogP contribution in [0.2, 0.25) is 0 Å². The standard InChI is InChI=1S/C22H19FN4O2S/c1-3-14-8-10-15(11-9-14)19-20-21(30-13(2)24-20)27(22(29)26-19)12-18(28)25-17-7-5-4-6-16(17)23/h4-11H,3,12H2,1-2H3,(H,25,28). The van der Waals surface area contributed by atoms with Crippen molar-refractivity contribution in [3.63, 3.8) is 0 Å². The Balaban J connectivity index is 1.73. The first-order valence-electron chi connectivity index (χ1n) is 9.48. The molecule has 2 heterocycles. The highest BCUT2D eigenvalue weighted by atomic mass is 32.1. The van der Waals surface area contributed by atoms with Gasteiger partial charge in [0.25, 0.3) is 0 Å². The predicted molar refractivity (Wildman–Crippen MR) is 116 cm³/mol. The van der Waals surface area contributed by atoms with Gasteiger partial charge in [0.1, 0.15) is 28.4 Å². The summed E-state index contributed by atoms with van der Waals surface area (Å²) >= 11 is 1.32. The minimum Gasteiger partial charge on any atom is -0.322 e. The summed E-state index contributed by atoms with van der Waals surface area (Å²) in [5, 5.41) is 3.26. The van der Waals surface area contributed by atoms with Crippen LogP contribution in [-0.4, -0.2) is 20.4 Å². The van der Waals surface area contributed by atoms with Crippen LogP contribution in [0.25, 0.3) is 21.6 Å². The zero-order valence-corrected chi connectivity index (χ0v) is 17.3. The molecule has 0 spiro atoms. The number of hydrogen-bond donors (Lipinski definition) is 1. The highest BCUT2D eigenvalue weighted by Gasteiger charge is 2.18. The highest BCUT2D eigenvalue weighted by molar-refractivity contribution is 7.18. The van der Waals surface area contributed by atoms with E-state index in [1.807, 2.05) is 31.2 Å². The molecule has 30 heavy (non-hydrogen) atoms. The summed E-state index contributed by atoms with van der Waals surface area (Å²) < 4.78 is 15.1. The number of amides is 1. The lowest BCUT2D eigenvalue weighted by atomic mass is 10.1. The summed E-state index contributed by atoms with van der Waals surface area (Å²) in [7, 11) is 0. The third-order valence-electron chi connectivity index (χ3n) is 4.71. The van der Waals surface area contributed by atoms with Gasteiger partial charge in [-0.25, -0.2) is 14.2 Å². The molecule has 6 nitrogen and oxygen atoms in total. The zero-order valence-electron chi connectivity index (χ0n) is 16.5. The summed E-state index contributed by atoms with van der Waals surface area (Å²) in [5.74, 6) is -1.06. The molecule has 1 N–H and O–H groups in total. The molecule has 2 aromatic heterocycles. The van der Waals surface area contributed by atoms with Gasteiger partial charge in [0.05, 0.1) is 10.7 Å². The quantitative estimate of drug-likeness (QED) is 0.524. The maximum Gasteiger partial charge on any atom is 0.349 e. The Morgan fingerprint density at radius 1 is 1.13 bits per heavy atom. The second-order valence-electron chi connectivity index (χ2n) is 6.79. The van der Waals surface area contributed by atoms with E-state index in [1.165, 1.54) is 39.7 Å². The lowest BCUT2D eigenvalue weighted by Gasteiger charge is -2.10. The number of benzene rings is 2. The second kappa shape index (κ2) is 8.16. The van der Waals surface area contributed by atoms with Crippen LogP contribution >= 0.6 is 11.3 Å². The summed E-state index contributed by atoms with van der Waals surface area (Å²) in [6.07, 6.45) is 0.914. The van der Waals surface area contributed by atoms with Gasteiger partial charge in [-0.3, -0.25) is 9.36 Å². The number of fused-ring (bicyclic) bond motifs is 1. The van der Waals surface area contributed by atoms with E-state index in [1.54, 1.807) is 6.07 Å². The maximum absolute atomic E-state index is 13.8. The van der Waals surface area contributed by atoms with E-state index in [0.29, 0.717) is 16.0 Å². The van der Waals surface area contributed by atoms with Gasteiger partial charge in [0, 0.05) is 5.56 Å². The molecule has 4 aromatic rings. The van der Waals surface area contributed by atoms with Crippen LogP contribution in [0.1, 0.15) is 17.5 Å². The molecule has 4 rings (SSSR count). The molecule has 0 fully saturated rings. The zero-order chi connectivity index (χ0) is 21.3. The minimum atomic E-state index is -0.551. The Bertz CT molecular complexity index is 1290. The van der Waals surface area contributed by atoms with Crippen LogP contribution in [0.3, 0.4) is 0 Å². The topological polar surface area (TPSA) is 76.9 Å². The Morgan fingerprint density at radius 2 is 1.87 bits per heavy atom. The van der Waals surface area contributed by atoms with Gasteiger partial charge in [-0.15, -0.1) is 11.3 Å². The van der Waals surface area contributed by atoms with Crippen molar-refractivity contribution in [2.24, 2.45) is 0 Å². The first-order chi connectivity index (χ1) is 14.5. The number of aryl methyl sites for hydroxylation is 2. The number of thiazole rings is 1. The molecular weight excluding hydrogens is 403 g/mol. The monoisotopic (exact) mass is 422 g/mol. The van der Waals surface area contributed by atoms with Crippen molar-refractivity contribution in [1.82, 2.24) is 14.5 Å². The van der Waals surface area contributed by atoms with Gasteiger partial charge in [-0.05, 0) is 31.0 Å². The van der Waals surface area contributed by atoms with Crippen molar-refractivity contribution in [3.8, 4) is 11.3 Å². The number of carbonyl (C=O) groups is 1. The Kier molecular flexibility index (Phi) is 5.41. The number of carbonyl (C=O) groups excluding carboxylic acids is 1. The number of hydrogen-bond acceptors (Lipinski definition) is 5. The van der Waals surface area contributed by atoms with Crippen molar-refractivity contribution < 1.29 is 9.18 Å². The van der Waals surface area contributed by atoms with E-state index in [2.05, 4.69) is 22.2 Å². The van der Waals surface area contributed by atoms with Gasteiger partial charge in [-0.2, -0.15) is 4.98 Å². The van der Waals surface area contributed by atoms with E-state index in [4.69, 9.17) is 0 Å². The first kappa shape index (κ1) is 19.9. The van der Waals surface area contributed by atoms with Crippen LogP contribution in [0.15, 0.2) is 53.3 Å². The highest BCUT2D eigenvalue weighted by Crippen LogP contribution is 2.29. The van der Waals surface area contributed by atoms with Crippen LogP contribution in [-0.2, 0) is 17.8 Å². The van der Waals surface area contributed by atoms with Crippen molar-refractivity contribution >= 4 is 33.3 Å². The molecule has 0 aliphatic rings. The largest absolute Gasteiger partial charge is 0.349 e. The fourth-order valence-corrected chi connectivity index (χ4v) is 4.09. The number of halogens is 1. The molecule has 0 atom stereocenters. The number of aromatic nitrogens is 3. The summed E-state index contributed by atoms with van der Waals surface area (Å²) in [5.41, 5.74) is 2.55. The summed E-state index contributed by atoms with van der Waals surface area (Å²) in [6, 6.07) is 13.7. The molecule has 0 saturated carbocycles. The van der Waals surface area contributed by atoms with Crippen molar-refractivity contribution in [2.75, 3.05) is 5.32 Å². The summed E-state index contributed by atoms with van der Waals surface area (Å²) in [6.45, 7) is 3.62. The van der Waals surface area contributed by atoms with Gasteiger partial charge >= 0.3 is 5.69 Å². The van der Waals surface area contributed by atoms with Crippen LogP contribution < -0.4 is 11.0 Å². The van der Waals surface area contributed by atoms with Crippen LogP contribution in [0.4, 0.5) is 10.1 Å². The number of nitrogens with zero attached hydrogens (tertiary/aromatic N) is 3. The molecule has 0 aliphatic heterocycles. The SMILES string of the molecule is CCc1ccc(-c2nc(=O)n(CC(=O)Nc3ccccc3F)c3sc(C)nc23)cc1. The average molecular weight is 422 g/mol. The van der Waals surface area contributed by atoms with Gasteiger partial charge in [0.15, 0.2) is 0 Å². The molecule has 152 valence electrons. The van der Waals surface area contributed by atoms with E-state index >= 15 is 0 Å². The number of para-hydroxylation sites is 1. The maximum atomic E-state index is 13.8. The number of nitrogens with one attached hydrogen (secondary N) is 1. The number of rotatable bonds is 5. The van der Waals surface area contributed by atoms with Crippen LogP contribution in [0.5, 0.6) is 0 Å². The third kappa shape index (κ3) is 3.86. The molecular formula is C22H19FN4O2S. The molecule has 0 saturated heterocycles. The predicted octanol–water partition coefficient (Wildman–Crippen LogP) is 4.17.